The van der Waals surface area contributed by atoms with Gasteiger partial charge in [-0.1, -0.05) is 50.3 Å². The molecule has 0 bridgehead atoms. The lowest BCUT2D eigenvalue weighted by Gasteiger charge is -2.10. The minimum atomic E-state index is -0.289. The maximum Gasteiger partial charge on any atom is 0.169 e. The molecule has 0 aliphatic heterocycles. The van der Waals surface area contributed by atoms with Gasteiger partial charge in [0.05, 0.1) is 5.56 Å². The Morgan fingerprint density at radius 2 is 1.44 bits per heavy atom. The highest BCUT2D eigenvalue weighted by molar-refractivity contribution is 5.98. The van der Waals surface area contributed by atoms with Crippen molar-refractivity contribution < 1.29 is 15.3 Å². The second kappa shape index (κ2) is 4.61. The number of hydrogen-bond donors (Lipinski definition) is 3. The summed E-state index contributed by atoms with van der Waals surface area (Å²) in [6.45, 7) is 3.98. The number of phenols is 3. The lowest BCUT2D eigenvalue weighted by molar-refractivity contribution is 0.401. The molecule has 18 heavy (non-hydrogen) atoms. The smallest absolute Gasteiger partial charge is 0.169 e. The largest absolute Gasteiger partial charge is 0.507 e. The molecule has 3 nitrogen and oxygen atoms in total. The van der Waals surface area contributed by atoms with E-state index in [1.165, 1.54) is 0 Å². The van der Waals surface area contributed by atoms with Crippen molar-refractivity contribution >= 4 is 16.8 Å². The summed E-state index contributed by atoms with van der Waals surface area (Å²) >= 11 is 0. The first-order valence-corrected chi connectivity index (χ1v) is 5.86. The maximum atomic E-state index is 10.1. The van der Waals surface area contributed by atoms with E-state index in [2.05, 4.69) is 0 Å². The van der Waals surface area contributed by atoms with E-state index in [1.807, 2.05) is 19.9 Å². The number of allylic oxidation sites excluding steroid dienone is 1. The van der Waals surface area contributed by atoms with Gasteiger partial charge in [-0.05, 0) is 5.92 Å². The van der Waals surface area contributed by atoms with Crippen LogP contribution >= 0.6 is 0 Å². The van der Waals surface area contributed by atoms with Crippen LogP contribution in [-0.2, 0) is 0 Å². The Hall–Kier alpha value is -2.16. The lowest BCUT2D eigenvalue weighted by Crippen LogP contribution is -1.84. The molecule has 0 aliphatic rings. The fourth-order valence-corrected chi connectivity index (χ4v) is 1.86. The van der Waals surface area contributed by atoms with Crippen molar-refractivity contribution in [2.45, 2.75) is 13.8 Å². The predicted molar refractivity (Wildman–Crippen MR) is 72.8 cm³/mol. The second-order valence-corrected chi connectivity index (χ2v) is 4.61. The summed E-state index contributed by atoms with van der Waals surface area (Å²) in [7, 11) is 0. The SMILES string of the molecule is CC(C)/C=C\c1c(O)c(O)c2ccccc2c1O. The average Bonchev–Trinajstić information content (AvgIpc) is 2.36. The summed E-state index contributed by atoms with van der Waals surface area (Å²) in [5.41, 5.74) is 0.250. The molecule has 0 unspecified atom stereocenters. The van der Waals surface area contributed by atoms with Gasteiger partial charge >= 0.3 is 0 Å². The molecule has 2 aromatic rings. The molecule has 0 fully saturated rings. The Bertz CT molecular complexity index is 613. The molecule has 2 rings (SSSR count). The Balaban J connectivity index is 2.74. The molecule has 3 N–H and O–H groups in total. The molecule has 0 saturated heterocycles. The third-order valence-electron chi connectivity index (χ3n) is 2.82. The molecule has 3 heteroatoms. The van der Waals surface area contributed by atoms with Crippen LogP contribution in [0.4, 0.5) is 0 Å². The van der Waals surface area contributed by atoms with Gasteiger partial charge in [-0.25, -0.2) is 0 Å². The highest BCUT2D eigenvalue weighted by Gasteiger charge is 2.15. The van der Waals surface area contributed by atoms with Gasteiger partial charge < -0.3 is 15.3 Å². The molecular formula is C15H16O3. The van der Waals surface area contributed by atoms with Crippen LogP contribution in [0.25, 0.3) is 16.8 Å². The molecule has 0 saturated carbocycles. The van der Waals surface area contributed by atoms with Crippen LogP contribution in [0.15, 0.2) is 30.3 Å². The van der Waals surface area contributed by atoms with Gasteiger partial charge in [-0.15, -0.1) is 0 Å². The molecule has 2 aromatic carbocycles. The fraction of sp³-hybridized carbons (Fsp3) is 0.200. The molecule has 94 valence electrons. The first-order valence-electron chi connectivity index (χ1n) is 5.86. The third-order valence-corrected chi connectivity index (χ3v) is 2.82. The molecule has 0 atom stereocenters. The number of phenolic OH excluding ortho intramolecular Hbond substituents is 3. The summed E-state index contributed by atoms with van der Waals surface area (Å²) in [5, 5.41) is 31.0. The highest BCUT2D eigenvalue weighted by Crippen LogP contribution is 2.44. The van der Waals surface area contributed by atoms with Crippen LogP contribution in [0.2, 0.25) is 0 Å². The summed E-state index contributed by atoms with van der Waals surface area (Å²) < 4.78 is 0. The number of aromatic hydroxyl groups is 3. The van der Waals surface area contributed by atoms with E-state index >= 15 is 0 Å². The zero-order valence-electron chi connectivity index (χ0n) is 10.4. The average molecular weight is 244 g/mol. The van der Waals surface area contributed by atoms with Crippen molar-refractivity contribution in [3.05, 3.63) is 35.9 Å². The molecule has 0 aromatic heterocycles. The van der Waals surface area contributed by atoms with Gasteiger partial charge in [-0.2, -0.15) is 0 Å². The van der Waals surface area contributed by atoms with Gasteiger partial charge in [0.2, 0.25) is 0 Å². The number of fused-ring (bicyclic) bond motifs is 1. The Morgan fingerprint density at radius 1 is 0.889 bits per heavy atom. The first-order chi connectivity index (χ1) is 8.52. The van der Waals surface area contributed by atoms with E-state index in [-0.39, 0.29) is 28.7 Å². The number of benzene rings is 2. The molecule has 0 radical (unpaired) electrons. The van der Waals surface area contributed by atoms with Gasteiger partial charge in [-0.3, -0.25) is 0 Å². The standard InChI is InChI=1S/C15H16O3/c1-9(2)7-8-12-13(16)10-5-3-4-6-11(10)14(17)15(12)18/h3-9,16-18H,1-2H3/b8-7-. The summed E-state index contributed by atoms with van der Waals surface area (Å²) in [4.78, 5) is 0. The topological polar surface area (TPSA) is 60.7 Å². The normalized spacial score (nSPS) is 11.7. The maximum absolute atomic E-state index is 10.1. The summed E-state index contributed by atoms with van der Waals surface area (Å²) in [6.07, 6.45) is 3.48. The Labute approximate surface area is 106 Å². The molecule has 0 amide bonds. The number of rotatable bonds is 2. The molecule has 0 aliphatic carbocycles. The lowest BCUT2D eigenvalue weighted by atomic mass is 10.0. The van der Waals surface area contributed by atoms with E-state index in [9.17, 15) is 15.3 Å². The predicted octanol–water partition coefficient (Wildman–Crippen LogP) is 3.63. The molecule has 0 spiro atoms. The van der Waals surface area contributed by atoms with Crippen molar-refractivity contribution in [3.8, 4) is 17.2 Å². The van der Waals surface area contributed by atoms with Crippen molar-refractivity contribution in [2.24, 2.45) is 5.92 Å². The fourth-order valence-electron chi connectivity index (χ4n) is 1.86. The van der Waals surface area contributed by atoms with E-state index in [1.54, 1.807) is 30.3 Å². The van der Waals surface area contributed by atoms with Crippen molar-refractivity contribution in [1.82, 2.24) is 0 Å². The number of hydrogen-bond acceptors (Lipinski definition) is 3. The molecule has 0 heterocycles. The summed E-state index contributed by atoms with van der Waals surface area (Å²) in [5.74, 6) is -0.217. The van der Waals surface area contributed by atoms with Crippen LogP contribution in [0, 0.1) is 5.92 Å². The van der Waals surface area contributed by atoms with Crippen molar-refractivity contribution in [1.29, 1.82) is 0 Å². The monoisotopic (exact) mass is 244 g/mol. The van der Waals surface area contributed by atoms with Gasteiger partial charge in [0.15, 0.2) is 11.5 Å². The zero-order valence-corrected chi connectivity index (χ0v) is 10.4. The van der Waals surface area contributed by atoms with Crippen molar-refractivity contribution in [3.63, 3.8) is 0 Å². The Kier molecular flexibility index (Phi) is 3.15. The van der Waals surface area contributed by atoms with E-state index in [0.717, 1.165) is 0 Å². The highest BCUT2D eigenvalue weighted by atomic mass is 16.3. The van der Waals surface area contributed by atoms with Crippen LogP contribution in [-0.4, -0.2) is 15.3 Å². The van der Waals surface area contributed by atoms with Gasteiger partial charge in [0.1, 0.15) is 5.75 Å². The minimum absolute atomic E-state index is 0.0159. The van der Waals surface area contributed by atoms with Crippen LogP contribution < -0.4 is 0 Å². The first kappa shape index (κ1) is 12.3. The van der Waals surface area contributed by atoms with E-state index in [0.29, 0.717) is 10.8 Å². The van der Waals surface area contributed by atoms with Crippen LogP contribution in [0.1, 0.15) is 19.4 Å². The van der Waals surface area contributed by atoms with Crippen LogP contribution in [0.5, 0.6) is 17.2 Å². The molecular weight excluding hydrogens is 228 g/mol. The van der Waals surface area contributed by atoms with Crippen molar-refractivity contribution in [2.75, 3.05) is 0 Å². The van der Waals surface area contributed by atoms with Gasteiger partial charge in [0, 0.05) is 10.8 Å². The van der Waals surface area contributed by atoms with E-state index < -0.39 is 0 Å². The van der Waals surface area contributed by atoms with E-state index in [4.69, 9.17) is 0 Å². The Morgan fingerprint density at radius 3 is 2.00 bits per heavy atom. The third kappa shape index (κ3) is 1.99. The second-order valence-electron chi connectivity index (χ2n) is 4.61. The zero-order chi connectivity index (χ0) is 13.3. The van der Waals surface area contributed by atoms with Crippen LogP contribution in [0.3, 0.4) is 0 Å². The quantitative estimate of drug-likeness (QED) is 0.558. The van der Waals surface area contributed by atoms with Gasteiger partial charge in [0.25, 0.3) is 0 Å². The minimum Gasteiger partial charge on any atom is -0.507 e. The summed E-state index contributed by atoms with van der Waals surface area (Å²) in [6, 6.07) is 6.87.